The molecule has 61 heavy (non-hydrogen) atoms. The molecule has 0 atom stereocenters. The molecule has 0 saturated heterocycles. The lowest BCUT2D eigenvalue weighted by atomic mass is 9.91. The molecular formula is C58H38N2S. The van der Waals surface area contributed by atoms with Crippen LogP contribution in [0.15, 0.2) is 231 Å². The molecule has 0 spiro atoms. The molecule has 0 aliphatic heterocycles. The standard InChI is InChI=1S/C58H38N2S/c1-4-16-39(17-5-1)42-22-14-28-48(34-42)55-57-56(53-30-10-11-31-54(53)61-57)60-58(59-55)49-29-15-26-46(35-49)44-24-12-23-43(32-44)45-25-13-27-47(33-45)52-37-50(40-18-6-2-7-19-40)36-51(38-52)41-20-8-3-9-21-41/h1-38H. The second-order valence-electron chi connectivity index (χ2n) is 15.4. The van der Waals surface area contributed by atoms with Gasteiger partial charge in [-0.05, 0) is 115 Å². The first kappa shape index (κ1) is 36.4. The van der Waals surface area contributed by atoms with E-state index in [-0.39, 0.29) is 0 Å². The lowest BCUT2D eigenvalue weighted by Crippen LogP contribution is -1.94. The van der Waals surface area contributed by atoms with Gasteiger partial charge in [0.25, 0.3) is 0 Å². The van der Waals surface area contributed by atoms with Gasteiger partial charge in [0.1, 0.15) is 0 Å². The van der Waals surface area contributed by atoms with E-state index in [1.807, 2.05) is 0 Å². The fourth-order valence-corrected chi connectivity index (χ4v) is 9.53. The lowest BCUT2D eigenvalue weighted by Gasteiger charge is -2.13. The Hall–Kier alpha value is -7.72. The van der Waals surface area contributed by atoms with Gasteiger partial charge in [0.15, 0.2) is 5.82 Å². The maximum atomic E-state index is 5.36. The average molecular weight is 795 g/mol. The molecule has 9 aromatic carbocycles. The van der Waals surface area contributed by atoms with E-state index < -0.39 is 0 Å². The normalized spacial score (nSPS) is 11.3. The number of hydrogen-bond acceptors (Lipinski definition) is 3. The Labute approximate surface area is 359 Å². The zero-order chi connectivity index (χ0) is 40.5. The van der Waals surface area contributed by atoms with E-state index in [4.69, 9.17) is 9.97 Å². The highest BCUT2D eigenvalue weighted by molar-refractivity contribution is 7.26. The van der Waals surface area contributed by atoms with Crippen molar-refractivity contribution >= 4 is 31.6 Å². The van der Waals surface area contributed by atoms with Crippen LogP contribution in [0.2, 0.25) is 0 Å². The minimum atomic E-state index is 0.717. The fraction of sp³-hybridized carbons (Fsp3) is 0. The van der Waals surface area contributed by atoms with Crippen molar-refractivity contribution in [2.24, 2.45) is 0 Å². The van der Waals surface area contributed by atoms with Crippen molar-refractivity contribution in [1.29, 1.82) is 0 Å². The summed E-state index contributed by atoms with van der Waals surface area (Å²) in [5.74, 6) is 0.717. The zero-order valence-corrected chi connectivity index (χ0v) is 34.1. The van der Waals surface area contributed by atoms with E-state index >= 15 is 0 Å². The second kappa shape index (κ2) is 15.8. The molecular weight excluding hydrogens is 757 g/mol. The van der Waals surface area contributed by atoms with Crippen molar-refractivity contribution in [3.8, 4) is 89.4 Å². The van der Waals surface area contributed by atoms with Crippen LogP contribution in [0.4, 0.5) is 0 Å². The van der Waals surface area contributed by atoms with Crippen LogP contribution < -0.4 is 0 Å². The Balaban J connectivity index is 0.972. The molecule has 0 unspecified atom stereocenters. The van der Waals surface area contributed by atoms with E-state index in [9.17, 15) is 0 Å². The predicted octanol–water partition coefficient (Wildman–Crippen LogP) is 16.2. The number of fused-ring (bicyclic) bond motifs is 3. The molecule has 11 aromatic rings. The van der Waals surface area contributed by atoms with E-state index in [1.54, 1.807) is 11.3 Å². The zero-order valence-electron chi connectivity index (χ0n) is 33.2. The monoisotopic (exact) mass is 794 g/mol. The Bertz CT molecular complexity index is 3290. The van der Waals surface area contributed by atoms with Crippen molar-refractivity contribution in [3.05, 3.63) is 231 Å². The molecule has 0 N–H and O–H groups in total. The van der Waals surface area contributed by atoms with E-state index in [2.05, 4.69) is 231 Å². The first-order valence-electron chi connectivity index (χ1n) is 20.6. The summed E-state index contributed by atoms with van der Waals surface area (Å²) in [5, 5.41) is 1.15. The van der Waals surface area contributed by atoms with Crippen LogP contribution in [-0.2, 0) is 0 Å². The number of benzene rings is 9. The van der Waals surface area contributed by atoms with Crippen molar-refractivity contribution in [1.82, 2.24) is 9.97 Å². The van der Waals surface area contributed by atoms with E-state index in [1.165, 1.54) is 49.2 Å². The molecule has 0 radical (unpaired) electrons. The molecule has 0 amide bonds. The molecule has 0 saturated carbocycles. The summed E-state index contributed by atoms with van der Waals surface area (Å²) in [6.45, 7) is 0. The largest absolute Gasteiger partial charge is 0.226 e. The van der Waals surface area contributed by atoms with Gasteiger partial charge >= 0.3 is 0 Å². The number of thiophene rings is 1. The van der Waals surface area contributed by atoms with Crippen molar-refractivity contribution in [3.63, 3.8) is 0 Å². The van der Waals surface area contributed by atoms with Gasteiger partial charge in [-0.2, -0.15) is 0 Å². The van der Waals surface area contributed by atoms with Crippen molar-refractivity contribution in [2.45, 2.75) is 0 Å². The molecule has 0 bridgehead atoms. The molecule has 11 rings (SSSR count). The van der Waals surface area contributed by atoms with E-state index in [0.29, 0.717) is 0 Å². The minimum Gasteiger partial charge on any atom is -0.226 e. The van der Waals surface area contributed by atoms with Gasteiger partial charge in [0, 0.05) is 21.2 Å². The smallest absolute Gasteiger partial charge is 0.160 e. The van der Waals surface area contributed by atoms with Gasteiger partial charge in [-0.3, -0.25) is 0 Å². The second-order valence-corrected chi connectivity index (χ2v) is 16.4. The maximum absolute atomic E-state index is 5.36. The Morgan fingerprint density at radius 2 is 0.607 bits per heavy atom. The van der Waals surface area contributed by atoms with Crippen molar-refractivity contribution < 1.29 is 0 Å². The summed E-state index contributed by atoms with van der Waals surface area (Å²) in [5.41, 5.74) is 18.1. The summed E-state index contributed by atoms with van der Waals surface area (Å²) in [6.07, 6.45) is 0. The molecule has 0 aliphatic carbocycles. The third kappa shape index (κ3) is 7.22. The maximum Gasteiger partial charge on any atom is 0.160 e. The van der Waals surface area contributed by atoms with E-state index in [0.717, 1.165) is 60.5 Å². The van der Waals surface area contributed by atoms with Crippen LogP contribution >= 0.6 is 11.3 Å². The molecule has 0 aliphatic rings. The summed E-state index contributed by atoms with van der Waals surface area (Å²) < 4.78 is 2.31. The summed E-state index contributed by atoms with van der Waals surface area (Å²) in [4.78, 5) is 10.6. The molecule has 2 heterocycles. The average Bonchev–Trinajstić information content (AvgIpc) is 3.73. The highest BCUT2D eigenvalue weighted by Crippen LogP contribution is 2.41. The first-order chi connectivity index (χ1) is 30.2. The molecule has 286 valence electrons. The van der Waals surface area contributed by atoms with Gasteiger partial charge in [-0.15, -0.1) is 11.3 Å². The summed E-state index contributed by atoms with van der Waals surface area (Å²) >= 11 is 1.76. The molecule has 0 fully saturated rings. The first-order valence-corrected chi connectivity index (χ1v) is 21.4. The molecule has 3 heteroatoms. The fourth-order valence-electron chi connectivity index (χ4n) is 8.38. The van der Waals surface area contributed by atoms with Gasteiger partial charge in [0.05, 0.1) is 15.9 Å². The summed E-state index contributed by atoms with van der Waals surface area (Å²) in [7, 11) is 0. The predicted molar refractivity (Wildman–Crippen MR) is 258 cm³/mol. The SMILES string of the molecule is c1ccc(-c2cc(-c3ccccc3)cc(-c3cccc(-c4cccc(-c5cccc(-c6nc(-c7cccc(-c8ccccc8)c7)c7sc8ccccc8c7n6)c5)c4)c3)c2)cc1. The minimum absolute atomic E-state index is 0.717. The number of rotatable bonds is 8. The van der Waals surface area contributed by atoms with Crippen LogP contribution in [-0.4, -0.2) is 9.97 Å². The third-order valence-electron chi connectivity index (χ3n) is 11.5. The van der Waals surface area contributed by atoms with Crippen LogP contribution in [0.25, 0.3) is 110 Å². The van der Waals surface area contributed by atoms with Gasteiger partial charge in [-0.1, -0.05) is 182 Å². The topological polar surface area (TPSA) is 25.8 Å². The Morgan fingerprint density at radius 1 is 0.262 bits per heavy atom. The van der Waals surface area contributed by atoms with Gasteiger partial charge in [-0.25, -0.2) is 9.97 Å². The van der Waals surface area contributed by atoms with Crippen LogP contribution in [0.5, 0.6) is 0 Å². The summed E-state index contributed by atoms with van der Waals surface area (Å²) in [6, 6.07) is 82.5. The number of hydrogen-bond donors (Lipinski definition) is 0. The van der Waals surface area contributed by atoms with Crippen molar-refractivity contribution in [2.75, 3.05) is 0 Å². The van der Waals surface area contributed by atoms with Crippen LogP contribution in [0.1, 0.15) is 0 Å². The highest BCUT2D eigenvalue weighted by atomic mass is 32.1. The number of nitrogens with zero attached hydrogens (tertiary/aromatic N) is 2. The van der Waals surface area contributed by atoms with Gasteiger partial charge in [0.2, 0.25) is 0 Å². The molecule has 2 nitrogen and oxygen atoms in total. The Morgan fingerprint density at radius 3 is 1.15 bits per heavy atom. The molecule has 2 aromatic heterocycles. The third-order valence-corrected chi connectivity index (χ3v) is 12.6. The van der Waals surface area contributed by atoms with Gasteiger partial charge < -0.3 is 0 Å². The lowest BCUT2D eigenvalue weighted by molar-refractivity contribution is 1.24. The quantitative estimate of drug-likeness (QED) is 0.153. The number of aromatic nitrogens is 2. The Kier molecular flexibility index (Phi) is 9.42. The highest BCUT2D eigenvalue weighted by Gasteiger charge is 2.18. The van der Waals surface area contributed by atoms with Crippen LogP contribution in [0, 0.1) is 0 Å². The van der Waals surface area contributed by atoms with Crippen LogP contribution in [0.3, 0.4) is 0 Å².